The lowest BCUT2D eigenvalue weighted by molar-refractivity contribution is 0.596. The van der Waals surface area contributed by atoms with Crippen LogP contribution in [0.5, 0.6) is 0 Å². The highest BCUT2D eigenvalue weighted by Crippen LogP contribution is 2.25. The fraction of sp³-hybridized carbons (Fsp3) is 0.188. The van der Waals surface area contributed by atoms with Gasteiger partial charge >= 0.3 is 0 Å². The number of nitriles is 1. The molecule has 2 rings (SSSR count). The van der Waals surface area contributed by atoms with Crippen molar-refractivity contribution in [1.29, 1.82) is 5.26 Å². The van der Waals surface area contributed by atoms with Crippen molar-refractivity contribution in [1.82, 2.24) is 0 Å². The number of hydrogen-bond acceptors (Lipinski definition) is 4. The summed E-state index contributed by atoms with van der Waals surface area (Å²) in [5.41, 5.74) is 1.00. The van der Waals surface area contributed by atoms with Crippen molar-refractivity contribution in [3.8, 4) is 6.07 Å². The molecule has 3 nitrogen and oxygen atoms in total. The van der Waals surface area contributed by atoms with Gasteiger partial charge in [0.15, 0.2) is 9.84 Å². The van der Waals surface area contributed by atoms with Crippen molar-refractivity contribution in [2.45, 2.75) is 22.0 Å². The van der Waals surface area contributed by atoms with Gasteiger partial charge in [0, 0.05) is 4.90 Å². The van der Waals surface area contributed by atoms with Crippen LogP contribution >= 0.6 is 11.8 Å². The van der Waals surface area contributed by atoms with E-state index in [2.05, 4.69) is 6.07 Å². The smallest absolute Gasteiger partial charge is 0.180 e. The summed E-state index contributed by atoms with van der Waals surface area (Å²) in [6, 6.07) is 18.1. The average Bonchev–Trinajstić information content (AvgIpc) is 2.48. The van der Waals surface area contributed by atoms with Crippen LogP contribution in [-0.2, 0) is 9.84 Å². The number of rotatable bonds is 5. The third-order valence-corrected chi connectivity index (χ3v) is 5.99. The molecule has 0 saturated heterocycles. The van der Waals surface area contributed by atoms with Crippen molar-refractivity contribution in [3.05, 3.63) is 60.2 Å². The van der Waals surface area contributed by atoms with Crippen LogP contribution < -0.4 is 0 Å². The zero-order chi connectivity index (χ0) is 15.3. The Morgan fingerprint density at radius 2 is 1.71 bits per heavy atom. The summed E-state index contributed by atoms with van der Waals surface area (Å²) in [7, 11) is -3.45. The Morgan fingerprint density at radius 1 is 1.10 bits per heavy atom. The van der Waals surface area contributed by atoms with Crippen LogP contribution in [0.2, 0.25) is 0 Å². The van der Waals surface area contributed by atoms with Crippen LogP contribution in [-0.4, -0.2) is 19.4 Å². The van der Waals surface area contributed by atoms with Gasteiger partial charge in [-0.05, 0) is 31.2 Å². The molecule has 108 valence electrons. The van der Waals surface area contributed by atoms with Crippen molar-refractivity contribution in [3.63, 3.8) is 0 Å². The Balaban J connectivity index is 2.14. The molecule has 0 fully saturated rings. The third-order valence-electron chi connectivity index (χ3n) is 2.92. The molecule has 21 heavy (non-hydrogen) atoms. The molecule has 0 aliphatic carbocycles. The summed E-state index contributed by atoms with van der Waals surface area (Å²) in [4.78, 5) is 1.16. The van der Waals surface area contributed by atoms with E-state index in [1.807, 2.05) is 37.3 Å². The Bertz CT molecular complexity index is 732. The van der Waals surface area contributed by atoms with Gasteiger partial charge in [-0.3, -0.25) is 0 Å². The van der Waals surface area contributed by atoms with Gasteiger partial charge in [-0.1, -0.05) is 35.9 Å². The highest BCUT2D eigenvalue weighted by molar-refractivity contribution is 8.01. The van der Waals surface area contributed by atoms with Crippen molar-refractivity contribution in [2.24, 2.45) is 0 Å². The van der Waals surface area contributed by atoms with E-state index in [9.17, 15) is 13.7 Å². The molecule has 0 aliphatic heterocycles. The van der Waals surface area contributed by atoms with Crippen LogP contribution in [0.3, 0.4) is 0 Å². The topological polar surface area (TPSA) is 57.9 Å². The summed E-state index contributed by atoms with van der Waals surface area (Å²) < 4.78 is 24.7. The van der Waals surface area contributed by atoms with E-state index in [4.69, 9.17) is 0 Å². The van der Waals surface area contributed by atoms with Gasteiger partial charge in [0.2, 0.25) is 0 Å². The molecule has 0 radical (unpaired) electrons. The van der Waals surface area contributed by atoms with E-state index in [1.54, 1.807) is 24.3 Å². The average molecular weight is 317 g/mol. The molecule has 0 amide bonds. The van der Waals surface area contributed by atoms with Gasteiger partial charge in [0.25, 0.3) is 0 Å². The Kier molecular flexibility index (Phi) is 5.05. The Labute approximate surface area is 129 Å². The van der Waals surface area contributed by atoms with Crippen LogP contribution in [0, 0.1) is 18.3 Å². The van der Waals surface area contributed by atoms with Gasteiger partial charge in [0.1, 0.15) is 5.25 Å². The van der Waals surface area contributed by atoms with E-state index in [-0.39, 0.29) is 10.6 Å². The van der Waals surface area contributed by atoms with Crippen molar-refractivity contribution >= 4 is 21.6 Å². The number of benzene rings is 2. The molecular formula is C16H15NO2S2. The number of aryl methyl sites for hydroxylation is 1. The van der Waals surface area contributed by atoms with E-state index >= 15 is 0 Å². The molecule has 0 saturated carbocycles. The van der Waals surface area contributed by atoms with E-state index in [0.29, 0.717) is 0 Å². The summed E-state index contributed by atoms with van der Waals surface area (Å²) in [5, 5.41) is 8.58. The number of nitrogens with zero attached hydrogens (tertiary/aromatic N) is 1. The van der Waals surface area contributed by atoms with E-state index in [0.717, 1.165) is 10.5 Å². The predicted molar refractivity (Wildman–Crippen MR) is 84.9 cm³/mol. The second-order valence-electron chi connectivity index (χ2n) is 4.64. The first-order valence-corrected chi connectivity index (χ1v) is 8.95. The van der Waals surface area contributed by atoms with Gasteiger partial charge in [-0.15, -0.1) is 11.8 Å². The molecular weight excluding hydrogens is 302 g/mol. The lowest BCUT2D eigenvalue weighted by Gasteiger charge is -2.10. The minimum absolute atomic E-state index is 0.188. The lowest BCUT2D eigenvalue weighted by atomic mass is 10.2. The maximum atomic E-state index is 12.3. The summed E-state index contributed by atoms with van der Waals surface area (Å²) >= 11 is 1.27. The van der Waals surface area contributed by atoms with E-state index < -0.39 is 15.1 Å². The molecule has 2 aromatic carbocycles. The minimum atomic E-state index is -3.45. The first-order chi connectivity index (χ1) is 10.0. The molecule has 1 unspecified atom stereocenters. The minimum Gasteiger partial charge on any atom is -0.224 e. The SMILES string of the molecule is Cc1ccc(S(=O)(=O)CC(C#N)Sc2ccccc2)cc1. The fourth-order valence-corrected chi connectivity index (χ4v) is 4.52. The molecule has 0 aliphatic rings. The van der Waals surface area contributed by atoms with Crippen LogP contribution in [0.25, 0.3) is 0 Å². The van der Waals surface area contributed by atoms with Gasteiger partial charge in [-0.2, -0.15) is 5.26 Å². The van der Waals surface area contributed by atoms with Crippen molar-refractivity contribution in [2.75, 3.05) is 5.75 Å². The third kappa shape index (κ3) is 4.35. The molecule has 2 aromatic rings. The molecule has 0 aromatic heterocycles. The Morgan fingerprint density at radius 3 is 2.29 bits per heavy atom. The maximum Gasteiger partial charge on any atom is 0.180 e. The molecule has 0 heterocycles. The zero-order valence-corrected chi connectivity index (χ0v) is 13.2. The highest BCUT2D eigenvalue weighted by Gasteiger charge is 2.22. The van der Waals surface area contributed by atoms with Crippen LogP contribution in [0.4, 0.5) is 0 Å². The standard InChI is InChI=1S/C16H15NO2S2/c1-13-7-9-16(10-8-13)21(18,19)12-15(11-17)20-14-5-3-2-4-6-14/h2-10,15H,12H2,1H3. The monoisotopic (exact) mass is 317 g/mol. The van der Waals surface area contributed by atoms with Crippen LogP contribution in [0.1, 0.15) is 5.56 Å². The molecule has 5 heteroatoms. The molecule has 1 atom stereocenters. The van der Waals surface area contributed by atoms with Gasteiger partial charge < -0.3 is 0 Å². The van der Waals surface area contributed by atoms with Crippen LogP contribution in [0.15, 0.2) is 64.4 Å². The number of thioether (sulfide) groups is 1. The largest absolute Gasteiger partial charge is 0.224 e. The maximum absolute atomic E-state index is 12.3. The second-order valence-corrected chi connectivity index (χ2v) is 7.95. The first kappa shape index (κ1) is 15.6. The second kappa shape index (κ2) is 6.79. The first-order valence-electron chi connectivity index (χ1n) is 6.42. The Hall–Kier alpha value is -1.77. The zero-order valence-electron chi connectivity index (χ0n) is 11.6. The quantitative estimate of drug-likeness (QED) is 0.793. The van der Waals surface area contributed by atoms with Gasteiger partial charge in [-0.25, -0.2) is 8.42 Å². The lowest BCUT2D eigenvalue weighted by Crippen LogP contribution is -2.17. The number of hydrogen-bond donors (Lipinski definition) is 0. The summed E-state index contributed by atoms with van der Waals surface area (Å²) in [5.74, 6) is -0.188. The molecule has 0 bridgehead atoms. The normalized spacial score (nSPS) is 12.6. The van der Waals surface area contributed by atoms with Gasteiger partial charge in [0.05, 0.1) is 16.7 Å². The van der Waals surface area contributed by atoms with Crippen molar-refractivity contribution < 1.29 is 8.42 Å². The molecule has 0 N–H and O–H groups in total. The molecule has 0 spiro atoms. The fourth-order valence-electron chi connectivity index (χ4n) is 1.80. The highest BCUT2D eigenvalue weighted by atomic mass is 32.2. The summed E-state index contributed by atoms with van der Waals surface area (Å²) in [6.45, 7) is 1.90. The van der Waals surface area contributed by atoms with E-state index in [1.165, 1.54) is 11.8 Å². The summed E-state index contributed by atoms with van der Waals surface area (Å²) in [6.07, 6.45) is 0. The number of sulfone groups is 1. The predicted octanol–water partition coefficient (Wildman–Crippen LogP) is 3.45.